The Morgan fingerprint density at radius 1 is 1.32 bits per heavy atom. The molecule has 1 N–H and O–H groups in total. The summed E-state index contributed by atoms with van der Waals surface area (Å²) in [6.07, 6.45) is 4.38. The van der Waals surface area contributed by atoms with E-state index >= 15 is 0 Å². The van der Waals surface area contributed by atoms with Crippen LogP contribution in [0.2, 0.25) is 5.02 Å². The van der Waals surface area contributed by atoms with Crippen molar-refractivity contribution in [1.82, 2.24) is 19.2 Å². The van der Waals surface area contributed by atoms with Gasteiger partial charge in [-0.05, 0) is 44.4 Å². The Bertz CT molecular complexity index is 925. The third-order valence-corrected chi connectivity index (χ3v) is 6.92. The van der Waals surface area contributed by atoms with Gasteiger partial charge in [-0.2, -0.15) is 4.31 Å². The fourth-order valence-corrected chi connectivity index (χ4v) is 4.75. The summed E-state index contributed by atoms with van der Waals surface area (Å²) in [7, 11) is -3.71. The Morgan fingerprint density at radius 2 is 2.04 bits per heavy atom. The van der Waals surface area contributed by atoms with Gasteiger partial charge in [0.1, 0.15) is 0 Å². The summed E-state index contributed by atoms with van der Waals surface area (Å²) in [5.74, 6) is -0.509. The van der Waals surface area contributed by atoms with Crippen molar-refractivity contribution in [2.75, 3.05) is 13.1 Å². The van der Waals surface area contributed by atoms with E-state index in [9.17, 15) is 13.2 Å². The number of hydrogen-bond acceptors (Lipinski definition) is 4. The molecule has 2 heterocycles. The quantitative estimate of drug-likeness (QED) is 0.772. The number of amides is 1. The molecule has 1 saturated heterocycles. The van der Waals surface area contributed by atoms with Crippen LogP contribution in [0.1, 0.15) is 38.3 Å². The molecule has 0 unspecified atom stereocenters. The molecule has 1 aliphatic heterocycles. The van der Waals surface area contributed by atoms with Gasteiger partial charge >= 0.3 is 0 Å². The first kappa shape index (κ1) is 20.8. The molecule has 0 aliphatic carbocycles. The zero-order chi connectivity index (χ0) is 20.3. The fourth-order valence-electron chi connectivity index (χ4n) is 3.18. The Morgan fingerprint density at radius 3 is 2.68 bits per heavy atom. The lowest BCUT2D eigenvalue weighted by Crippen LogP contribution is -2.45. The average molecular weight is 425 g/mol. The van der Waals surface area contributed by atoms with Crippen LogP contribution in [0.25, 0.3) is 0 Å². The topological polar surface area (TPSA) is 84.3 Å². The van der Waals surface area contributed by atoms with Crippen LogP contribution in [-0.4, -0.2) is 41.3 Å². The van der Waals surface area contributed by atoms with E-state index in [1.807, 2.05) is 26.0 Å². The maximum atomic E-state index is 12.9. The lowest BCUT2D eigenvalue weighted by atomic mass is 9.99. The number of carbonyl (C=O) groups is 1. The van der Waals surface area contributed by atoms with Gasteiger partial charge in [-0.1, -0.05) is 23.7 Å². The zero-order valence-corrected chi connectivity index (χ0v) is 17.6. The summed E-state index contributed by atoms with van der Waals surface area (Å²) >= 11 is 5.87. The molecule has 3 rings (SSSR count). The number of halogens is 1. The number of benzene rings is 1. The maximum absolute atomic E-state index is 12.9. The molecule has 152 valence electrons. The number of piperidine rings is 1. The van der Waals surface area contributed by atoms with Crippen LogP contribution in [0.3, 0.4) is 0 Å². The largest absolute Gasteiger partial charge is 0.352 e. The first-order valence-electron chi connectivity index (χ1n) is 9.33. The third-order valence-electron chi connectivity index (χ3n) is 4.91. The molecule has 0 saturated carbocycles. The van der Waals surface area contributed by atoms with Crippen LogP contribution in [0.4, 0.5) is 0 Å². The molecule has 1 amide bonds. The molecule has 7 nitrogen and oxygen atoms in total. The van der Waals surface area contributed by atoms with E-state index in [2.05, 4.69) is 10.3 Å². The summed E-state index contributed by atoms with van der Waals surface area (Å²) in [6, 6.07) is 7.38. The number of hydrogen-bond donors (Lipinski definition) is 1. The monoisotopic (exact) mass is 424 g/mol. The van der Waals surface area contributed by atoms with Gasteiger partial charge in [0.05, 0.1) is 12.2 Å². The SMILES string of the molecule is CC(C)n1cnc(S(=O)(=O)N2CCC[C@H](C(=O)NCc3ccc(Cl)cc3)C2)c1. The van der Waals surface area contributed by atoms with Crippen LogP contribution < -0.4 is 5.32 Å². The molecule has 0 bridgehead atoms. The summed E-state index contributed by atoms with van der Waals surface area (Å²) in [5.41, 5.74) is 0.942. The maximum Gasteiger partial charge on any atom is 0.262 e. The van der Waals surface area contributed by atoms with Gasteiger partial charge in [0.25, 0.3) is 10.0 Å². The summed E-state index contributed by atoms with van der Waals surface area (Å²) in [6.45, 7) is 4.87. The van der Waals surface area contributed by atoms with Crippen molar-refractivity contribution in [3.05, 3.63) is 47.4 Å². The normalized spacial score (nSPS) is 18.4. The molecule has 0 spiro atoms. The zero-order valence-electron chi connectivity index (χ0n) is 16.0. The molecular formula is C19H25ClN4O3S. The Kier molecular flexibility index (Phi) is 6.42. The van der Waals surface area contributed by atoms with Crippen molar-refractivity contribution in [2.45, 2.75) is 44.3 Å². The van der Waals surface area contributed by atoms with E-state index in [0.717, 1.165) is 5.56 Å². The highest BCUT2D eigenvalue weighted by Crippen LogP contribution is 2.24. The molecule has 1 aromatic heterocycles. The number of carbonyl (C=O) groups excluding carboxylic acids is 1. The first-order chi connectivity index (χ1) is 13.3. The molecule has 2 aromatic rings. The third kappa shape index (κ3) is 4.74. The van der Waals surface area contributed by atoms with Gasteiger partial charge in [0.2, 0.25) is 5.91 Å². The molecular weight excluding hydrogens is 400 g/mol. The summed E-state index contributed by atoms with van der Waals surface area (Å²) in [5, 5.41) is 3.57. The van der Waals surface area contributed by atoms with Crippen LogP contribution >= 0.6 is 11.6 Å². The molecule has 28 heavy (non-hydrogen) atoms. The summed E-state index contributed by atoms with van der Waals surface area (Å²) in [4.78, 5) is 16.6. The van der Waals surface area contributed by atoms with Crippen molar-refractivity contribution in [3.63, 3.8) is 0 Å². The van der Waals surface area contributed by atoms with Gasteiger partial charge in [-0.25, -0.2) is 13.4 Å². The second kappa shape index (κ2) is 8.63. The van der Waals surface area contributed by atoms with Crippen molar-refractivity contribution < 1.29 is 13.2 Å². The lowest BCUT2D eigenvalue weighted by Gasteiger charge is -2.30. The highest BCUT2D eigenvalue weighted by molar-refractivity contribution is 7.89. The number of aromatic nitrogens is 2. The Labute approximate surface area is 170 Å². The molecule has 9 heteroatoms. The van der Waals surface area contributed by atoms with Crippen LogP contribution in [0, 0.1) is 5.92 Å². The molecule has 0 radical (unpaired) electrons. The second-order valence-corrected chi connectivity index (χ2v) is 9.62. The molecule has 1 aliphatic rings. The predicted molar refractivity (Wildman–Crippen MR) is 107 cm³/mol. The predicted octanol–water partition coefficient (Wildman–Crippen LogP) is 2.83. The first-order valence-corrected chi connectivity index (χ1v) is 11.1. The van der Waals surface area contributed by atoms with Crippen LogP contribution in [0.15, 0.2) is 41.8 Å². The molecule has 1 fully saturated rings. The van der Waals surface area contributed by atoms with E-state index in [-0.39, 0.29) is 29.4 Å². The smallest absolute Gasteiger partial charge is 0.262 e. The number of nitrogens with one attached hydrogen (secondary N) is 1. The number of nitrogens with zero attached hydrogens (tertiary/aromatic N) is 3. The molecule has 1 atom stereocenters. The van der Waals surface area contributed by atoms with Gasteiger partial charge in [0.15, 0.2) is 5.03 Å². The lowest BCUT2D eigenvalue weighted by molar-refractivity contribution is -0.126. The number of sulfonamides is 1. The molecule has 1 aromatic carbocycles. The van der Waals surface area contributed by atoms with E-state index in [0.29, 0.717) is 31.0 Å². The van der Waals surface area contributed by atoms with E-state index < -0.39 is 10.0 Å². The van der Waals surface area contributed by atoms with Gasteiger partial charge < -0.3 is 9.88 Å². The minimum Gasteiger partial charge on any atom is -0.352 e. The van der Waals surface area contributed by atoms with Crippen molar-refractivity contribution in [1.29, 1.82) is 0 Å². The van der Waals surface area contributed by atoms with Gasteiger partial charge in [-0.15, -0.1) is 0 Å². The fraction of sp³-hybridized carbons (Fsp3) is 0.474. The number of imidazole rings is 1. The highest BCUT2D eigenvalue weighted by atomic mass is 35.5. The van der Waals surface area contributed by atoms with E-state index in [4.69, 9.17) is 11.6 Å². The van der Waals surface area contributed by atoms with Crippen LogP contribution in [0.5, 0.6) is 0 Å². The van der Waals surface area contributed by atoms with Gasteiger partial charge in [-0.3, -0.25) is 4.79 Å². The van der Waals surface area contributed by atoms with Crippen molar-refractivity contribution in [2.24, 2.45) is 5.92 Å². The minimum absolute atomic E-state index is 0.0309. The second-order valence-electron chi connectivity index (χ2n) is 7.30. The number of rotatable bonds is 6. The Balaban J connectivity index is 1.63. The standard InChI is InChI=1S/C19H25ClN4O3S/c1-14(2)23-12-18(22-13-23)28(26,27)24-9-3-4-16(11-24)19(25)21-10-15-5-7-17(20)8-6-15/h5-8,12-14,16H,3-4,9-11H2,1-2H3,(H,21,25)/t16-/m0/s1. The van der Waals surface area contributed by atoms with E-state index in [1.54, 1.807) is 22.9 Å². The highest BCUT2D eigenvalue weighted by Gasteiger charge is 2.34. The van der Waals surface area contributed by atoms with Gasteiger partial charge in [0, 0.05) is 36.9 Å². The van der Waals surface area contributed by atoms with E-state index in [1.165, 1.54) is 10.6 Å². The minimum atomic E-state index is -3.71. The Hall–Kier alpha value is -1.90. The average Bonchev–Trinajstić information content (AvgIpc) is 3.19. The van der Waals surface area contributed by atoms with Crippen LogP contribution in [-0.2, 0) is 21.4 Å². The van der Waals surface area contributed by atoms with Crippen molar-refractivity contribution in [3.8, 4) is 0 Å². The van der Waals surface area contributed by atoms with Crippen molar-refractivity contribution >= 4 is 27.5 Å². The summed E-state index contributed by atoms with van der Waals surface area (Å²) < 4.78 is 28.9.